The van der Waals surface area contributed by atoms with E-state index in [1.807, 2.05) is 0 Å². The van der Waals surface area contributed by atoms with Crippen LogP contribution in [-0.2, 0) is 4.84 Å². The summed E-state index contributed by atoms with van der Waals surface area (Å²) >= 11 is 0. The van der Waals surface area contributed by atoms with E-state index in [0.717, 1.165) is 17.2 Å². The van der Waals surface area contributed by atoms with E-state index in [9.17, 15) is 0 Å². The van der Waals surface area contributed by atoms with E-state index in [4.69, 9.17) is 4.84 Å². The molecule has 6 nitrogen and oxygen atoms in total. The molecule has 2 aromatic rings. The van der Waals surface area contributed by atoms with E-state index in [1.165, 1.54) is 18.4 Å². The van der Waals surface area contributed by atoms with Crippen LogP contribution in [0.15, 0.2) is 47.8 Å². The van der Waals surface area contributed by atoms with Gasteiger partial charge in [-0.05, 0) is 25.3 Å². The number of benzene rings is 1. The average Bonchev–Trinajstić information content (AvgIpc) is 3.33. The second-order valence-corrected chi connectivity index (χ2v) is 6.00. The minimum absolute atomic E-state index is 0.0121. The number of hydrogen-bond acceptors (Lipinski definition) is 6. The lowest BCUT2D eigenvalue weighted by molar-refractivity contribution is 0.0250. The first-order valence-corrected chi connectivity index (χ1v) is 7.92. The lowest BCUT2D eigenvalue weighted by Crippen LogP contribution is -2.20. The van der Waals surface area contributed by atoms with Crippen molar-refractivity contribution in [2.75, 3.05) is 5.32 Å². The summed E-state index contributed by atoms with van der Waals surface area (Å²) in [6.45, 7) is 2.10. The number of nitrogens with zero attached hydrogens (tertiary/aromatic N) is 3. The molecule has 0 bridgehead atoms. The average molecular weight is 309 g/mol. The number of nitrogens with one attached hydrogen (secondary N) is 2. The number of aliphatic imine (C=N–C) groups is 1. The summed E-state index contributed by atoms with van der Waals surface area (Å²) in [7, 11) is 0. The van der Waals surface area contributed by atoms with Crippen LogP contribution >= 0.6 is 0 Å². The van der Waals surface area contributed by atoms with Crippen molar-refractivity contribution >= 4 is 11.7 Å². The Labute approximate surface area is 135 Å². The number of aromatic nitrogens is 2. The number of amidine groups is 1. The van der Waals surface area contributed by atoms with Crippen LogP contribution in [-0.4, -0.2) is 22.0 Å². The van der Waals surface area contributed by atoms with E-state index in [1.54, 1.807) is 18.6 Å². The first-order valence-electron chi connectivity index (χ1n) is 7.92. The molecule has 1 fully saturated rings. The van der Waals surface area contributed by atoms with Crippen LogP contribution in [0, 0.1) is 5.92 Å². The van der Waals surface area contributed by atoms with Crippen LogP contribution in [0.4, 0.5) is 5.82 Å². The van der Waals surface area contributed by atoms with Crippen molar-refractivity contribution in [3.63, 3.8) is 0 Å². The van der Waals surface area contributed by atoms with Gasteiger partial charge in [-0.15, -0.1) is 0 Å². The zero-order chi connectivity index (χ0) is 15.6. The van der Waals surface area contributed by atoms with Crippen LogP contribution < -0.4 is 10.8 Å². The predicted molar refractivity (Wildman–Crippen MR) is 87.8 cm³/mol. The van der Waals surface area contributed by atoms with E-state index in [2.05, 4.69) is 56.9 Å². The minimum atomic E-state index is -0.0121. The Kier molecular flexibility index (Phi) is 3.67. The van der Waals surface area contributed by atoms with Gasteiger partial charge in [-0.3, -0.25) is 4.98 Å². The van der Waals surface area contributed by atoms with Crippen LogP contribution in [0.1, 0.15) is 36.9 Å². The topological polar surface area (TPSA) is 71.4 Å². The van der Waals surface area contributed by atoms with Gasteiger partial charge in [-0.1, -0.05) is 24.3 Å². The van der Waals surface area contributed by atoms with Gasteiger partial charge in [-0.25, -0.2) is 20.3 Å². The molecule has 2 N–H and O–H groups in total. The summed E-state index contributed by atoms with van der Waals surface area (Å²) in [6.07, 6.45) is 7.48. The molecular weight excluding hydrogens is 290 g/mol. The van der Waals surface area contributed by atoms with Gasteiger partial charge in [0.1, 0.15) is 5.82 Å². The SMILES string of the molecule is CC(Nc1cnccn1)c1ccc(C2=NC(C3CC3)ON2)cc1. The standard InChI is InChI=1S/C17H19N5O/c1-11(20-15-10-18-8-9-19-15)12-2-4-13(5-3-12)16-21-17(23-22-16)14-6-7-14/h2-5,8-11,14,17H,6-7H2,1H3,(H,19,20)(H,21,22). The van der Waals surface area contributed by atoms with Crippen molar-refractivity contribution in [3.8, 4) is 0 Å². The molecule has 2 atom stereocenters. The zero-order valence-corrected chi connectivity index (χ0v) is 12.9. The maximum Gasteiger partial charge on any atom is 0.180 e. The van der Waals surface area contributed by atoms with Crippen LogP contribution in [0.2, 0.25) is 0 Å². The third-order valence-corrected chi connectivity index (χ3v) is 4.17. The summed E-state index contributed by atoms with van der Waals surface area (Å²) in [4.78, 5) is 18.4. The molecule has 0 amide bonds. The smallest absolute Gasteiger partial charge is 0.180 e. The summed E-state index contributed by atoms with van der Waals surface area (Å²) in [5.41, 5.74) is 5.17. The van der Waals surface area contributed by atoms with Gasteiger partial charge >= 0.3 is 0 Å². The number of hydroxylamine groups is 1. The Morgan fingerprint density at radius 3 is 2.74 bits per heavy atom. The predicted octanol–water partition coefficient (Wildman–Crippen LogP) is 2.67. The fourth-order valence-electron chi connectivity index (χ4n) is 2.62. The molecule has 2 unspecified atom stereocenters. The Morgan fingerprint density at radius 2 is 2.04 bits per heavy atom. The molecule has 0 radical (unpaired) electrons. The maximum absolute atomic E-state index is 5.52. The highest BCUT2D eigenvalue weighted by molar-refractivity contribution is 5.98. The number of anilines is 1. The van der Waals surface area contributed by atoms with Gasteiger partial charge in [0.05, 0.1) is 6.20 Å². The highest BCUT2D eigenvalue weighted by Gasteiger charge is 2.35. The Morgan fingerprint density at radius 1 is 1.22 bits per heavy atom. The minimum Gasteiger partial charge on any atom is -0.362 e. The third-order valence-electron chi connectivity index (χ3n) is 4.17. The van der Waals surface area contributed by atoms with Crippen molar-refractivity contribution in [1.29, 1.82) is 0 Å². The largest absolute Gasteiger partial charge is 0.362 e. The van der Waals surface area contributed by atoms with Crippen LogP contribution in [0.25, 0.3) is 0 Å². The molecule has 0 spiro atoms. The molecular formula is C17H19N5O. The van der Waals surface area contributed by atoms with Gasteiger partial charge in [0.2, 0.25) is 0 Å². The van der Waals surface area contributed by atoms with Crippen molar-refractivity contribution in [2.45, 2.75) is 32.0 Å². The molecule has 0 saturated heterocycles. The van der Waals surface area contributed by atoms with Gasteiger partial charge in [0.15, 0.2) is 12.1 Å². The molecule has 1 saturated carbocycles. The second kappa shape index (κ2) is 5.96. The fourth-order valence-corrected chi connectivity index (χ4v) is 2.62. The Hall–Kier alpha value is -2.47. The highest BCUT2D eigenvalue weighted by atomic mass is 16.7. The summed E-state index contributed by atoms with van der Waals surface area (Å²) < 4.78 is 0. The number of rotatable bonds is 5. The van der Waals surface area contributed by atoms with Crippen LogP contribution in [0.3, 0.4) is 0 Å². The van der Waals surface area contributed by atoms with Gasteiger partial charge in [0, 0.05) is 29.9 Å². The molecule has 2 aliphatic rings. The summed E-state index contributed by atoms with van der Waals surface area (Å²) in [6, 6.07) is 8.47. The molecule has 4 rings (SSSR count). The van der Waals surface area contributed by atoms with Gasteiger partial charge in [-0.2, -0.15) is 0 Å². The van der Waals surface area contributed by atoms with Gasteiger partial charge < -0.3 is 5.32 Å². The first kappa shape index (κ1) is 14.1. The molecule has 6 heteroatoms. The zero-order valence-electron chi connectivity index (χ0n) is 12.9. The summed E-state index contributed by atoms with van der Waals surface area (Å²) in [5, 5.41) is 3.33. The molecule has 118 valence electrons. The lowest BCUT2D eigenvalue weighted by atomic mass is 10.1. The monoisotopic (exact) mass is 309 g/mol. The molecule has 1 aliphatic carbocycles. The fraction of sp³-hybridized carbons (Fsp3) is 0.353. The van der Waals surface area contributed by atoms with Crippen molar-refractivity contribution in [3.05, 3.63) is 54.0 Å². The number of hydrogen-bond donors (Lipinski definition) is 2. The van der Waals surface area contributed by atoms with Crippen molar-refractivity contribution in [1.82, 2.24) is 15.4 Å². The Bertz CT molecular complexity index is 697. The summed E-state index contributed by atoms with van der Waals surface area (Å²) in [5.74, 6) is 2.19. The van der Waals surface area contributed by atoms with Crippen LogP contribution in [0.5, 0.6) is 0 Å². The highest BCUT2D eigenvalue weighted by Crippen LogP contribution is 2.36. The van der Waals surface area contributed by atoms with Gasteiger partial charge in [0.25, 0.3) is 0 Å². The Balaban J connectivity index is 1.44. The quantitative estimate of drug-likeness (QED) is 0.888. The molecule has 1 aromatic carbocycles. The first-order chi connectivity index (χ1) is 11.3. The van der Waals surface area contributed by atoms with E-state index in [0.29, 0.717) is 5.92 Å². The molecule has 23 heavy (non-hydrogen) atoms. The second-order valence-electron chi connectivity index (χ2n) is 6.00. The van der Waals surface area contributed by atoms with E-state index in [-0.39, 0.29) is 12.3 Å². The van der Waals surface area contributed by atoms with E-state index >= 15 is 0 Å². The normalized spacial score (nSPS) is 21.4. The van der Waals surface area contributed by atoms with Crippen molar-refractivity contribution < 1.29 is 4.84 Å². The van der Waals surface area contributed by atoms with Crippen molar-refractivity contribution in [2.24, 2.45) is 10.9 Å². The van der Waals surface area contributed by atoms with E-state index < -0.39 is 0 Å². The maximum atomic E-state index is 5.52. The molecule has 2 heterocycles. The third kappa shape index (κ3) is 3.17. The molecule has 1 aliphatic heterocycles. The lowest BCUT2D eigenvalue weighted by Gasteiger charge is -2.15. The molecule has 1 aromatic heterocycles.